The van der Waals surface area contributed by atoms with Crippen LogP contribution in [0.1, 0.15) is 17.8 Å². The lowest BCUT2D eigenvalue weighted by Gasteiger charge is -2.13. The van der Waals surface area contributed by atoms with Crippen LogP contribution in [0.2, 0.25) is 5.15 Å². The molecule has 2 rings (SSSR count). The number of halogens is 1. The van der Waals surface area contributed by atoms with Crippen molar-refractivity contribution < 1.29 is 0 Å². The van der Waals surface area contributed by atoms with Crippen LogP contribution in [-0.2, 0) is 0 Å². The second-order valence-corrected chi connectivity index (χ2v) is 5.65. The van der Waals surface area contributed by atoms with E-state index in [2.05, 4.69) is 15.3 Å². The van der Waals surface area contributed by atoms with E-state index in [9.17, 15) is 0 Å². The first-order valence-electron chi connectivity index (χ1n) is 5.49. The lowest BCUT2D eigenvalue weighted by atomic mass is 10.1. The minimum atomic E-state index is 0.552. The van der Waals surface area contributed by atoms with Gasteiger partial charge in [-0.05, 0) is 37.7 Å². The lowest BCUT2D eigenvalue weighted by Crippen LogP contribution is -2.15. The fourth-order valence-electron chi connectivity index (χ4n) is 1.75. The number of nitrogens with one attached hydrogen (secondary N) is 1. The maximum absolute atomic E-state index is 6.02. The molecule has 1 atom stereocenters. The molecule has 0 bridgehead atoms. The molecule has 1 saturated heterocycles. The van der Waals surface area contributed by atoms with E-state index in [0.29, 0.717) is 5.15 Å². The Morgan fingerprint density at radius 2 is 2.25 bits per heavy atom. The second kappa shape index (κ2) is 5.23. The van der Waals surface area contributed by atoms with Gasteiger partial charge in [0.2, 0.25) is 0 Å². The molecule has 1 aromatic rings. The highest BCUT2D eigenvalue weighted by molar-refractivity contribution is 7.99. The Morgan fingerprint density at radius 1 is 1.44 bits per heavy atom. The average molecular weight is 258 g/mol. The molecular weight excluding hydrogens is 242 g/mol. The van der Waals surface area contributed by atoms with Gasteiger partial charge in [0.15, 0.2) is 0 Å². The molecule has 1 fully saturated rings. The molecule has 0 amide bonds. The number of anilines is 1. The SMILES string of the molecule is Cc1nc(Cl)c(C)c(NCC2CCSC2)n1. The number of hydrogen-bond donors (Lipinski definition) is 1. The van der Waals surface area contributed by atoms with Gasteiger partial charge in [-0.1, -0.05) is 11.6 Å². The lowest BCUT2D eigenvalue weighted by molar-refractivity contribution is 0.630. The Labute approximate surface area is 105 Å². The predicted octanol–water partition coefficient (Wildman–Crippen LogP) is 2.91. The summed E-state index contributed by atoms with van der Waals surface area (Å²) in [6.45, 7) is 4.80. The fraction of sp³-hybridized carbons (Fsp3) is 0.636. The molecule has 0 aromatic carbocycles. The summed E-state index contributed by atoms with van der Waals surface area (Å²) in [6, 6.07) is 0. The summed E-state index contributed by atoms with van der Waals surface area (Å²) in [5.74, 6) is 4.91. The summed E-state index contributed by atoms with van der Waals surface area (Å²) < 4.78 is 0. The summed E-state index contributed by atoms with van der Waals surface area (Å²) >= 11 is 8.05. The first-order chi connectivity index (χ1) is 7.66. The summed E-state index contributed by atoms with van der Waals surface area (Å²) in [6.07, 6.45) is 1.30. The third-order valence-electron chi connectivity index (χ3n) is 2.78. The van der Waals surface area contributed by atoms with E-state index >= 15 is 0 Å². The molecule has 88 valence electrons. The van der Waals surface area contributed by atoms with Gasteiger partial charge < -0.3 is 5.32 Å². The summed E-state index contributed by atoms with van der Waals surface area (Å²) in [7, 11) is 0. The molecule has 1 aliphatic heterocycles. The van der Waals surface area contributed by atoms with Gasteiger partial charge in [0.25, 0.3) is 0 Å². The van der Waals surface area contributed by atoms with E-state index in [1.807, 2.05) is 25.6 Å². The van der Waals surface area contributed by atoms with Gasteiger partial charge in [0, 0.05) is 12.1 Å². The highest BCUT2D eigenvalue weighted by Crippen LogP contribution is 2.25. The van der Waals surface area contributed by atoms with Crippen molar-refractivity contribution in [2.45, 2.75) is 20.3 Å². The third-order valence-corrected chi connectivity index (χ3v) is 4.38. The zero-order valence-electron chi connectivity index (χ0n) is 9.59. The zero-order chi connectivity index (χ0) is 11.5. The Hall–Kier alpha value is -0.480. The van der Waals surface area contributed by atoms with Crippen molar-refractivity contribution in [3.63, 3.8) is 0 Å². The summed E-state index contributed by atoms with van der Waals surface area (Å²) in [5.41, 5.74) is 0.943. The summed E-state index contributed by atoms with van der Waals surface area (Å²) in [5, 5.41) is 3.94. The molecule has 1 aliphatic rings. The highest BCUT2D eigenvalue weighted by Gasteiger charge is 2.16. The van der Waals surface area contributed by atoms with Crippen LogP contribution < -0.4 is 5.32 Å². The molecule has 1 N–H and O–H groups in total. The third kappa shape index (κ3) is 2.80. The predicted molar refractivity (Wildman–Crippen MR) is 70.4 cm³/mol. The van der Waals surface area contributed by atoms with E-state index < -0.39 is 0 Å². The Bertz CT molecular complexity index is 378. The second-order valence-electron chi connectivity index (χ2n) is 4.15. The average Bonchev–Trinajstić information content (AvgIpc) is 2.74. The van der Waals surface area contributed by atoms with Crippen LogP contribution in [0.4, 0.5) is 5.82 Å². The number of aromatic nitrogens is 2. The highest BCUT2D eigenvalue weighted by atomic mass is 35.5. The van der Waals surface area contributed by atoms with E-state index in [1.165, 1.54) is 17.9 Å². The number of nitrogens with zero attached hydrogens (tertiary/aromatic N) is 2. The Balaban J connectivity index is 2.02. The van der Waals surface area contributed by atoms with E-state index in [-0.39, 0.29) is 0 Å². The number of aryl methyl sites for hydroxylation is 1. The normalized spacial score (nSPS) is 20.1. The standard InChI is InChI=1S/C11H16ClN3S/c1-7-10(12)14-8(2)15-11(7)13-5-9-3-4-16-6-9/h9H,3-6H2,1-2H3,(H,13,14,15). The van der Waals surface area contributed by atoms with Crippen LogP contribution in [0.25, 0.3) is 0 Å². The Kier molecular flexibility index (Phi) is 3.92. The molecular formula is C11H16ClN3S. The zero-order valence-corrected chi connectivity index (χ0v) is 11.2. The topological polar surface area (TPSA) is 37.8 Å². The first kappa shape index (κ1) is 12.0. The minimum absolute atomic E-state index is 0.552. The molecule has 16 heavy (non-hydrogen) atoms. The van der Waals surface area contributed by atoms with Gasteiger partial charge in [0.1, 0.15) is 16.8 Å². The molecule has 0 aliphatic carbocycles. The van der Waals surface area contributed by atoms with E-state index in [1.54, 1.807) is 0 Å². The van der Waals surface area contributed by atoms with E-state index in [0.717, 1.165) is 29.7 Å². The molecule has 0 radical (unpaired) electrons. The molecule has 0 spiro atoms. The van der Waals surface area contributed by atoms with Crippen LogP contribution >= 0.6 is 23.4 Å². The first-order valence-corrected chi connectivity index (χ1v) is 7.02. The van der Waals surface area contributed by atoms with Crippen molar-refractivity contribution in [3.05, 3.63) is 16.5 Å². The van der Waals surface area contributed by atoms with Gasteiger partial charge in [-0.25, -0.2) is 9.97 Å². The molecule has 3 nitrogen and oxygen atoms in total. The smallest absolute Gasteiger partial charge is 0.137 e. The van der Waals surface area contributed by atoms with Crippen molar-refractivity contribution >= 4 is 29.2 Å². The van der Waals surface area contributed by atoms with Crippen molar-refractivity contribution in [2.75, 3.05) is 23.4 Å². The van der Waals surface area contributed by atoms with Crippen LogP contribution in [0, 0.1) is 19.8 Å². The van der Waals surface area contributed by atoms with Crippen LogP contribution in [-0.4, -0.2) is 28.0 Å². The maximum Gasteiger partial charge on any atom is 0.137 e. The molecule has 2 heterocycles. The van der Waals surface area contributed by atoms with Crippen LogP contribution in [0.15, 0.2) is 0 Å². The largest absolute Gasteiger partial charge is 0.369 e. The number of hydrogen-bond acceptors (Lipinski definition) is 4. The molecule has 1 aromatic heterocycles. The summed E-state index contributed by atoms with van der Waals surface area (Å²) in [4.78, 5) is 8.50. The van der Waals surface area contributed by atoms with Gasteiger partial charge in [0.05, 0.1) is 0 Å². The van der Waals surface area contributed by atoms with Gasteiger partial charge in [-0.3, -0.25) is 0 Å². The van der Waals surface area contributed by atoms with E-state index in [4.69, 9.17) is 11.6 Å². The Morgan fingerprint density at radius 3 is 2.94 bits per heavy atom. The maximum atomic E-state index is 6.02. The quantitative estimate of drug-likeness (QED) is 0.845. The molecule has 0 saturated carbocycles. The van der Waals surface area contributed by atoms with Gasteiger partial charge in [-0.15, -0.1) is 0 Å². The number of thioether (sulfide) groups is 1. The van der Waals surface area contributed by atoms with Crippen molar-refractivity contribution in [1.82, 2.24) is 9.97 Å². The van der Waals surface area contributed by atoms with Gasteiger partial charge >= 0.3 is 0 Å². The molecule has 5 heteroatoms. The van der Waals surface area contributed by atoms with Crippen molar-refractivity contribution in [1.29, 1.82) is 0 Å². The molecule has 1 unspecified atom stereocenters. The van der Waals surface area contributed by atoms with Crippen molar-refractivity contribution in [2.24, 2.45) is 5.92 Å². The van der Waals surface area contributed by atoms with Crippen LogP contribution in [0.5, 0.6) is 0 Å². The van der Waals surface area contributed by atoms with Gasteiger partial charge in [-0.2, -0.15) is 11.8 Å². The fourth-order valence-corrected chi connectivity index (χ4v) is 3.25. The monoisotopic (exact) mass is 257 g/mol. The van der Waals surface area contributed by atoms with Crippen LogP contribution in [0.3, 0.4) is 0 Å². The van der Waals surface area contributed by atoms with Crippen molar-refractivity contribution in [3.8, 4) is 0 Å². The number of rotatable bonds is 3. The minimum Gasteiger partial charge on any atom is -0.369 e.